The Hall–Kier alpha value is -0.950. The molecule has 1 rings (SSSR count). The molecular formula is C14H25N3O2S. The number of benzene rings is 1. The Bertz CT molecular complexity index is 541. The van der Waals surface area contributed by atoms with E-state index >= 15 is 0 Å². The first-order valence-corrected chi connectivity index (χ1v) is 8.16. The first-order valence-electron chi connectivity index (χ1n) is 6.68. The van der Waals surface area contributed by atoms with Crippen molar-refractivity contribution >= 4 is 10.0 Å². The van der Waals surface area contributed by atoms with Crippen molar-refractivity contribution in [1.29, 1.82) is 0 Å². The highest BCUT2D eigenvalue weighted by atomic mass is 32.2. The molecule has 1 aromatic carbocycles. The van der Waals surface area contributed by atoms with Gasteiger partial charge in [-0.2, -0.15) is 0 Å². The van der Waals surface area contributed by atoms with Gasteiger partial charge in [-0.05, 0) is 52.2 Å². The summed E-state index contributed by atoms with van der Waals surface area (Å²) < 4.78 is 27.4. The van der Waals surface area contributed by atoms with Crippen LogP contribution < -0.4 is 10.0 Å². The number of hydrogen-bond donors (Lipinski definition) is 2. The quantitative estimate of drug-likeness (QED) is 0.787. The molecule has 114 valence electrons. The molecular weight excluding hydrogens is 274 g/mol. The highest BCUT2D eigenvalue weighted by molar-refractivity contribution is 7.89. The largest absolute Gasteiger partial charge is 0.316 e. The Kier molecular flexibility index (Phi) is 6.13. The summed E-state index contributed by atoms with van der Waals surface area (Å²) in [6.45, 7) is 4.84. The van der Waals surface area contributed by atoms with E-state index in [4.69, 9.17) is 0 Å². The van der Waals surface area contributed by atoms with Crippen molar-refractivity contribution in [1.82, 2.24) is 14.9 Å². The first-order chi connectivity index (χ1) is 9.27. The summed E-state index contributed by atoms with van der Waals surface area (Å²) in [5.74, 6) is 0. The maximum Gasteiger partial charge on any atom is 0.240 e. The zero-order valence-electron chi connectivity index (χ0n) is 12.9. The van der Waals surface area contributed by atoms with Gasteiger partial charge in [-0.15, -0.1) is 0 Å². The highest BCUT2D eigenvalue weighted by Crippen LogP contribution is 2.17. The molecule has 0 aliphatic carbocycles. The Morgan fingerprint density at radius 3 is 2.50 bits per heavy atom. The van der Waals surface area contributed by atoms with Gasteiger partial charge in [0.05, 0.1) is 4.90 Å². The smallest absolute Gasteiger partial charge is 0.240 e. The van der Waals surface area contributed by atoms with Gasteiger partial charge in [-0.3, -0.25) is 0 Å². The molecule has 1 aromatic rings. The maximum absolute atomic E-state index is 12.4. The van der Waals surface area contributed by atoms with E-state index < -0.39 is 10.0 Å². The van der Waals surface area contributed by atoms with E-state index in [1.165, 1.54) is 0 Å². The SMILES string of the molecule is CNCc1ccc(C)c(S(=O)(=O)NCC(C)N(C)C)c1. The van der Waals surface area contributed by atoms with E-state index in [1.807, 2.05) is 52.0 Å². The van der Waals surface area contributed by atoms with E-state index in [1.54, 1.807) is 6.07 Å². The summed E-state index contributed by atoms with van der Waals surface area (Å²) >= 11 is 0. The Labute approximate surface area is 122 Å². The number of rotatable bonds is 7. The minimum absolute atomic E-state index is 0.144. The number of hydrogen-bond acceptors (Lipinski definition) is 4. The molecule has 0 radical (unpaired) electrons. The number of sulfonamides is 1. The van der Waals surface area contributed by atoms with Crippen LogP contribution in [-0.2, 0) is 16.6 Å². The second-order valence-corrected chi connectivity index (χ2v) is 7.03. The van der Waals surface area contributed by atoms with Crippen LogP contribution in [0.15, 0.2) is 23.1 Å². The third kappa shape index (κ3) is 4.56. The fraction of sp³-hybridized carbons (Fsp3) is 0.571. The number of likely N-dealkylation sites (N-methyl/N-ethyl adjacent to an activating group) is 1. The Morgan fingerprint density at radius 2 is 1.95 bits per heavy atom. The second-order valence-electron chi connectivity index (χ2n) is 5.29. The van der Waals surface area contributed by atoms with Crippen molar-refractivity contribution in [3.8, 4) is 0 Å². The molecule has 20 heavy (non-hydrogen) atoms. The molecule has 0 amide bonds. The lowest BCUT2D eigenvalue weighted by Crippen LogP contribution is -2.38. The Morgan fingerprint density at radius 1 is 1.30 bits per heavy atom. The molecule has 0 aromatic heterocycles. The van der Waals surface area contributed by atoms with Crippen LogP contribution in [-0.4, -0.2) is 47.0 Å². The molecule has 0 aliphatic rings. The minimum atomic E-state index is -3.46. The third-order valence-electron chi connectivity index (χ3n) is 3.37. The molecule has 0 fully saturated rings. The fourth-order valence-electron chi connectivity index (χ4n) is 1.74. The topological polar surface area (TPSA) is 61.4 Å². The lowest BCUT2D eigenvalue weighted by molar-refractivity contribution is 0.314. The van der Waals surface area contributed by atoms with Crippen molar-refractivity contribution in [3.05, 3.63) is 29.3 Å². The van der Waals surface area contributed by atoms with Gasteiger partial charge in [0.1, 0.15) is 0 Å². The molecule has 1 atom stereocenters. The van der Waals surface area contributed by atoms with Crippen LogP contribution in [0.2, 0.25) is 0 Å². The predicted molar refractivity (Wildman–Crippen MR) is 82.3 cm³/mol. The lowest BCUT2D eigenvalue weighted by Gasteiger charge is -2.20. The number of nitrogens with one attached hydrogen (secondary N) is 2. The zero-order chi connectivity index (χ0) is 15.3. The molecule has 0 heterocycles. The van der Waals surface area contributed by atoms with Crippen LogP contribution in [0.1, 0.15) is 18.1 Å². The summed E-state index contributed by atoms with van der Waals surface area (Å²) in [5, 5.41) is 3.03. The monoisotopic (exact) mass is 299 g/mol. The van der Waals surface area contributed by atoms with E-state index in [9.17, 15) is 8.42 Å². The molecule has 0 bridgehead atoms. The standard InChI is InChI=1S/C14H25N3O2S/c1-11-6-7-13(10-15-3)8-14(11)20(18,19)16-9-12(2)17(4)5/h6-8,12,15-16H,9-10H2,1-5H3. The molecule has 0 saturated carbocycles. The second kappa shape index (κ2) is 7.17. The van der Waals surface area contributed by atoms with Crippen LogP contribution in [0.3, 0.4) is 0 Å². The zero-order valence-corrected chi connectivity index (χ0v) is 13.7. The average molecular weight is 299 g/mol. The van der Waals surface area contributed by atoms with Crippen molar-refractivity contribution in [2.45, 2.75) is 31.3 Å². The van der Waals surface area contributed by atoms with Gasteiger partial charge in [0.15, 0.2) is 0 Å². The minimum Gasteiger partial charge on any atom is -0.316 e. The molecule has 5 nitrogen and oxygen atoms in total. The normalized spacial score (nSPS) is 13.7. The van der Waals surface area contributed by atoms with Gasteiger partial charge in [-0.1, -0.05) is 12.1 Å². The highest BCUT2D eigenvalue weighted by Gasteiger charge is 2.18. The average Bonchev–Trinajstić information content (AvgIpc) is 2.38. The van der Waals surface area contributed by atoms with Crippen molar-refractivity contribution in [2.24, 2.45) is 0 Å². The van der Waals surface area contributed by atoms with Crippen LogP contribution >= 0.6 is 0 Å². The van der Waals surface area contributed by atoms with Crippen LogP contribution in [0, 0.1) is 6.92 Å². The van der Waals surface area contributed by atoms with Gasteiger partial charge < -0.3 is 10.2 Å². The van der Waals surface area contributed by atoms with Crippen molar-refractivity contribution < 1.29 is 8.42 Å². The summed E-state index contributed by atoms with van der Waals surface area (Å²) in [6, 6.07) is 5.66. The lowest BCUT2D eigenvalue weighted by atomic mass is 10.1. The van der Waals surface area contributed by atoms with Gasteiger partial charge in [0.2, 0.25) is 10.0 Å². The van der Waals surface area contributed by atoms with Crippen molar-refractivity contribution in [3.63, 3.8) is 0 Å². The van der Waals surface area contributed by atoms with E-state index in [-0.39, 0.29) is 6.04 Å². The van der Waals surface area contributed by atoms with E-state index in [0.717, 1.165) is 11.1 Å². The predicted octanol–water partition coefficient (Wildman–Crippen LogP) is 0.943. The van der Waals surface area contributed by atoms with Crippen LogP contribution in [0.25, 0.3) is 0 Å². The first kappa shape index (κ1) is 17.1. The van der Waals surface area contributed by atoms with Crippen molar-refractivity contribution in [2.75, 3.05) is 27.7 Å². The van der Waals surface area contributed by atoms with Gasteiger partial charge in [0.25, 0.3) is 0 Å². The molecule has 0 saturated heterocycles. The fourth-order valence-corrected chi connectivity index (χ4v) is 3.15. The summed E-state index contributed by atoms with van der Waals surface area (Å²) in [4.78, 5) is 2.34. The number of aryl methyl sites for hydroxylation is 1. The molecule has 2 N–H and O–H groups in total. The van der Waals surface area contributed by atoms with Crippen LogP contribution in [0.5, 0.6) is 0 Å². The molecule has 0 spiro atoms. The maximum atomic E-state index is 12.4. The van der Waals surface area contributed by atoms with Gasteiger partial charge in [-0.25, -0.2) is 13.1 Å². The number of nitrogens with zero attached hydrogens (tertiary/aromatic N) is 1. The molecule has 6 heteroatoms. The molecule has 0 aliphatic heterocycles. The third-order valence-corrected chi connectivity index (χ3v) is 4.94. The summed E-state index contributed by atoms with van der Waals surface area (Å²) in [6.07, 6.45) is 0. The Balaban J connectivity index is 2.94. The van der Waals surface area contributed by atoms with E-state index in [0.29, 0.717) is 18.0 Å². The summed E-state index contributed by atoms with van der Waals surface area (Å²) in [5.41, 5.74) is 1.72. The summed E-state index contributed by atoms with van der Waals surface area (Å²) in [7, 11) is 2.23. The molecule has 1 unspecified atom stereocenters. The van der Waals surface area contributed by atoms with Crippen LogP contribution in [0.4, 0.5) is 0 Å². The van der Waals surface area contributed by atoms with E-state index in [2.05, 4.69) is 10.0 Å². The van der Waals surface area contributed by atoms with Gasteiger partial charge >= 0.3 is 0 Å². The van der Waals surface area contributed by atoms with Gasteiger partial charge in [0, 0.05) is 19.1 Å².